The Morgan fingerprint density at radius 1 is 1.33 bits per heavy atom. The number of carbonyl (C=O) groups is 1. The first-order valence-electron chi connectivity index (χ1n) is 7.50. The number of amides is 1. The van der Waals surface area contributed by atoms with E-state index in [1.165, 1.54) is 19.4 Å². The summed E-state index contributed by atoms with van der Waals surface area (Å²) in [4.78, 5) is 16.9. The van der Waals surface area contributed by atoms with E-state index >= 15 is 0 Å². The molecule has 2 fully saturated rings. The lowest BCUT2D eigenvalue weighted by atomic mass is 10.1. The van der Waals surface area contributed by atoms with Gasteiger partial charge < -0.3 is 10.6 Å². The number of nitrogens with two attached hydrogens (primary N) is 1. The average Bonchev–Trinajstić information content (AvgIpc) is 2.72. The minimum Gasteiger partial charge on any atom is -0.340 e. The summed E-state index contributed by atoms with van der Waals surface area (Å²) < 4.78 is 0. The van der Waals surface area contributed by atoms with Gasteiger partial charge in [-0.3, -0.25) is 9.69 Å². The SMILES string of the molecule is CCCCC(N)C(=O)N1CCCN2CCCC2C1. The topological polar surface area (TPSA) is 49.6 Å². The fraction of sp³-hybridized carbons (Fsp3) is 0.929. The molecule has 2 heterocycles. The van der Waals surface area contributed by atoms with Gasteiger partial charge in [0, 0.05) is 25.7 Å². The van der Waals surface area contributed by atoms with Gasteiger partial charge in [-0.2, -0.15) is 0 Å². The Morgan fingerprint density at radius 2 is 2.11 bits per heavy atom. The summed E-state index contributed by atoms with van der Waals surface area (Å²) in [5.41, 5.74) is 6.02. The summed E-state index contributed by atoms with van der Waals surface area (Å²) in [6.45, 7) is 6.30. The van der Waals surface area contributed by atoms with Crippen molar-refractivity contribution < 1.29 is 4.79 Å². The van der Waals surface area contributed by atoms with Crippen molar-refractivity contribution >= 4 is 5.91 Å². The molecule has 2 N–H and O–H groups in total. The lowest BCUT2D eigenvalue weighted by Crippen LogP contribution is -2.47. The number of hydrogen-bond donors (Lipinski definition) is 1. The van der Waals surface area contributed by atoms with E-state index in [0.717, 1.165) is 45.3 Å². The van der Waals surface area contributed by atoms with E-state index in [9.17, 15) is 4.79 Å². The van der Waals surface area contributed by atoms with Crippen molar-refractivity contribution in [1.29, 1.82) is 0 Å². The largest absolute Gasteiger partial charge is 0.340 e. The van der Waals surface area contributed by atoms with Crippen molar-refractivity contribution in [2.24, 2.45) is 5.73 Å². The Kier molecular flexibility index (Phi) is 5.01. The summed E-state index contributed by atoms with van der Waals surface area (Å²) in [6, 6.07) is 0.313. The van der Waals surface area contributed by atoms with Crippen LogP contribution in [0.2, 0.25) is 0 Å². The van der Waals surface area contributed by atoms with Gasteiger partial charge in [-0.1, -0.05) is 19.8 Å². The highest BCUT2D eigenvalue weighted by Crippen LogP contribution is 2.21. The number of rotatable bonds is 4. The van der Waals surface area contributed by atoms with Gasteiger partial charge in [-0.05, 0) is 32.2 Å². The normalized spacial score (nSPS) is 26.8. The standard InChI is InChI=1S/C14H27N3O/c1-2-3-7-13(15)14(18)17-10-5-9-16-8-4-6-12(16)11-17/h12-13H,2-11,15H2,1H3. The molecule has 2 saturated heterocycles. The van der Waals surface area contributed by atoms with Crippen LogP contribution in [-0.4, -0.2) is 54.0 Å². The Bertz CT molecular complexity index is 282. The molecule has 4 heteroatoms. The van der Waals surface area contributed by atoms with E-state index in [1.807, 2.05) is 4.90 Å². The summed E-state index contributed by atoms with van der Waals surface area (Å²) in [6.07, 6.45) is 6.62. The number of carbonyl (C=O) groups excluding carboxylic acids is 1. The van der Waals surface area contributed by atoms with Crippen molar-refractivity contribution in [2.75, 3.05) is 26.2 Å². The molecule has 1 amide bonds. The van der Waals surface area contributed by atoms with Crippen LogP contribution in [0, 0.1) is 0 Å². The summed E-state index contributed by atoms with van der Waals surface area (Å²) in [5.74, 6) is 0.178. The maximum atomic E-state index is 12.3. The summed E-state index contributed by atoms with van der Waals surface area (Å²) in [5, 5.41) is 0. The molecule has 104 valence electrons. The third-order valence-corrected chi connectivity index (χ3v) is 4.30. The second-order valence-corrected chi connectivity index (χ2v) is 5.72. The highest BCUT2D eigenvalue weighted by Gasteiger charge is 2.31. The van der Waals surface area contributed by atoms with Gasteiger partial charge in [0.2, 0.25) is 5.91 Å². The first kappa shape index (κ1) is 13.8. The second kappa shape index (κ2) is 6.53. The van der Waals surface area contributed by atoms with Crippen LogP contribution in [0.4, 0.5) is 0 Å². The molecule has 2 atom stereocenters. The molecule has 0 saturated carbocycles. The second-order valence-electron chi connectivity index (χ2n) is 5.72. The van der Waals surface area contributed by atoms with Crippen molar-refractivity contribution in [2.45, 2.75) is 57.5 Å². The predicted molar refractivity (Wildman–Crippen MR) is 73.3 cm³/mol. The number of fused-ring (bicyclic) bond motifs is 1. The molecule has 0 aliphatic carbocycles. The van der Waals surface area contributed by atoms with Crippen molar-refractivity contribution in [3.8, 4) is 0 Å². The fourth-order valence-electron chi connectivity index (χ4n) is 3.19. The Balaban J connectivity index is 1.89. The van der Waals surface area contributed by atoms with E-state index in [0.29, 0.717) is 6.04 Å². The Labute approximate surface area is 110 Å². The lowest BCUT2D eigenvalue weighted by Gasteiger charge is -2.27. The van der Waals surface area contributed by atoms with Gasteiger partial charge in [0.15, 0.2) is 0 Å². The molecule has 0 aromatic heterocycles. The summed E-state index contributed by atoms with van der Waals surface area (Å²) >= 11 is 0. The molecule has 0 spiro atoms. The average molecular weight is 253 g/mol. The third-order valence-electron chi connectivity index (χ3n) is 4.30. The number of unbranched alkanes of at least 4 members (excludes halogenated alkanes) is 1. The van der Waals surface area contributed by atoms with Gasteiger partial charge in [0.05, 0.1) is 6.04 Å². The molecule has 4 nitrogen and oxygen atoms in total. The molecular weight excluding hydrogens is 226 g/mol. The molecule has 0 bridgehead atoms. The van der Waals surface area contributed by atoms with Crippen LogP contribution < -0.4 is 5.73 Å². The molecule has 2 rings (SSSR count). The zero-order chi connectivity index (χ0) is 13.0. The monoisotopic (exact) mass is 253 g/mol. The van der Waals surface area contributed by atoms with Crippen LogP contribution in [0.5, 0.6) is 0 Å². The highest BCUT2D eigenvalue weighted by molar-refractivity contribution is 5.81. The van der Waals surface area contributed by atoms with Crippen molar-refractivity contribution in [3.05, 3.63) is 0 Å². The first-order chi connectivity index (χ1) is 8.72. The molecular formula is C14H27N3O. The number of hydrogen-bond acceptors (Lipinski definition) is 3. The van der Waals surface area contributed by atoms with Gasteiger partial charge >= 0.3 is 0 Å². The van der Waals surface area contributed by atoms with Gasteiger partial charge in [-0.25, -0.2) is 0 Å². The minimum atomic E-state index is -0.280. The quantitative estimate of drug-likeness (QED) is 0.819. The predicted octanol–water partition coefficient (Wildman–Crippen LogP) is 1.20. The van der Waals surface area contributed by atoms with Crippen LogP contribution in [-0.2, 0) is 4.79 Å². The van der Waals surface area contributed by atoms with E-state index in [1.54, 1.807) is 0 Å². The van der Waals surface area contributed by atoms with Crippen LogP contribution in [0.3, 0.4) is 0 Å². The third kappa shape index (κ3) is 3.23. The zero-order valence-corrected chi connectivity index (χ0v) is 11.6. The lowest BCUT2D eigenvalue weighted by molar-refractivity contribution is -0.133. The van der Waals surface area contributed by atoms with Gasteiger partial charge in [-0.15, -0.1) is 0 Å². The zero-order valence-electron chi connectivity index (χ0n) is 11.6. The molecule has 0 aromatic rings. The molecule has 2 unspecified atom stereocenters. The molecule has 0 radical (unpaired) electrons. The van der Waals surface area contributed by atoms with Crippen molar-refractivity contribution in [1.82, 2.24) is 9.80 Å². The van der Waals surface area contributed by atoms with Crippen LogP contribution in [0.15, 0.2) is 0 Å². The van der Waals surface area contributed by atoms with E-state index in [2.05, 4.69) is 11.8 Å². The molecule has 0 aromatic carbocycles. The summed E-state index contributed by atoms with van der Waals surface area (Å²) in [7, 11) is 0. The fourth-order valence-corrected chi connectivity index (χ4v) is 3.19. The van der Waals surface area contributed by atoms with Crippen LogP contribution in [0.1, 0.15) is 45.4 Å². The minimum absolute atomic E-state index is 0.178. The van der Waals surface area contributed by atoms with E-state index in [4.69, 9.17) is 5.73 Å². The molecule has 2 aliphatic rings. The maximum Gasteiger partial charge on any atom is 0.239 e. The smallest absolute Gasteiger partial charge is 0.239 e. The Morgan fingerprint density at radius 3 is 2.89 bits per heavy atom. The molecule has 18 heavy (non-hydrogen) atoms. The highest BCUT2D eigenvalue weighted by atomic mass is 16.2. The number of nitrogens with zero attached hydrogens (tertiary/aromatic N) is 2. The Hall–Kier alpha value is -0.610. The van der Waals surface area contributed by atoms with Crippen molar-refractivity contribution in [3.63, 3.8) is 0 Å². The van der Waals surface area contributed by atoms with Crippen LogP contribution in [0.25, 0.3) is 0 Å². The maximum absolute atomic E-state index is 12.3. The van der Waals surface area contributed by atoms with Gasteiger partial charge in [0.1, 0.15) is 0 Å². The van der Waals surface area contributed by atoms with E-state index < -0.39 is 0 Å². The molecule has 2 aliphatic heterocycles. The first-order valence-corrected chi connectivity index (χ1v) is 7.50. The van der Waals surface area contributed by atoms with E-state index in [-0.39, 0.29) is 11.9 Å². The van der Waals surface area contributed by atoms with Gasteiger partial charge in [0.25, 0.3) is 0 Å². The van der Waals surface area contributed by atoms with Crippen LogP contribution >= 0.6 is 0 Å².